The van der Waals surface area contributed by atoms with Gasteiger partial charge in [-0.15, -0.1) is 0 Å². The average molecular weight is 138 g/mol. The van der Waals surface area contributed by atoms with Crippen molar-refractivity contribution in [3.8, 4) is 0 Å². The largest absolute Gasteiger partial charge is 0.333 e. The molecule has 10 heavy (non-hydrogen) atoms. The summed E-state index contributed by atoms with van der Waals surface area (Å²) < 4.78 is 2.24. The number of imidazole rings is 1. The molecule has 0 aliphatic heterocycles. The van der Waals surface area contributed by atoms with Crippen molar-refractivity contribution in [3.05, 3.63) is 17.7 Å². The minimum absolute atomic E-state index is 1.03. The van der Waals surface area contributed by atoms with Crippen LogP contribution in [0, 0.1) is 6.92 Å². The molecule has 0 saturated carbocycles. The number of nitrogens with zero attached hydrogens (tertiary/aromatic N) is 2. The topological polar surface area (TPSA) is 17.8 Å². The molecule has 56 valence electrons. The number of aryl methyl sites for hydroxylation is 2. The summed E-state index contributed by atoms with van der Waals surface area (Å²) in [5.41, 5.74) is 1.26. The van der Waals surface area contributed by atoms with Gasteiger partial charge in [0.2, 0.25) is 0 Å². The van der Waals surface area contributed by atoms with Crippen LogP contribution in [0.3, 0.4) is 0 Å². The first kappa shape index (κ1) is 7.32. The second kappa shape index (κ2) is 2.86. The summed E-state index contributed by atoms with van der Waals surface area (Å²) >= 11 is 0. The molecule has 0 bridgehead atoms. The molecule has 0 N–H and O–H groups in total. The molecule has 0 fully saturated rings. The van der Waals surface area contributed by atoms with Crippen molar-refractivity contribution in [2.24, 2.45) is 0 Å². The lowest BCUT2D eigenvalue weighted by Gasteiger charge is -2.03. The van der Waals surface area contributed by atoms with Gasteiger partial charge in [0.05, 0.1) is 0 Å². The molecule has 0 saturated heterocycles. The second-order valence-corrected chi connectivity index (χ2v) is 2.41. The first-order valence-corrected chi connectivity index (χ1v) is 3.80. The minimum atomic E-state index is 1.03. The van der Waals surface area contributed by atoms with E-state index in [2.05, 4.69) is 30.3 Å². The van der Waals surface area contributed by atoms with E-state index < -0.39 is 0 Å². The fraction of sp³-hybridized carbons (Fsp3) is 0.625. The molecule has 0 aliphatic carbocycles. The third-order valence-corrected chi connectivity index (χ3v) is 1.77. The fourth-order valence-corrected chi connectivity index (χ4v) is 1.22. The van der Waals surface area contributed by atoms with Gasteiger partial charge in [0, 0.05) is 24.9 Å². The molecule has 0 aromatic carbocycles. The summed E-state index contributed by atoms with van der Waals surface area (Å²) in [5, 5.41) is 0. The Hall–Kier alpha value is -0.790. The van der Waals surface area contributed by atoms with Crippen molar-refractivity contribution >= 4 is 0 Å². The van der Waals surface area contributed by atoms with Crippen molar-refractivity contribution in [2.45, 2.75) is 33.7 Å². The third kappa shape index (κ3) is 1.06. The maximum absolute atomic E-state index is 4.27. The maximum Gasteiger partial charge on any atom is 0.108 e. The molecule has 0 unspecified atom stereocenters. The summed E-state index contributed by atoms with van der Waals surface area (Å²) in [6.07, 6.45) is 2.96. The highest BCUT2D eigenvalue weighted by molar-refractivity contribution is 5.02. The lowest BCUT2D eigenvalue weighted by atomic mass is 10.4. The van der Waals surface area contributed by atoms with Crippen LogP contribution in [0.5, 0.6) is 0 Å². The molecular formula is C8H14N2. The molecular weight excluding hydrogens is 124 g/mol. The van der Waals surface area contributed by atoms with E-state index in [1.807, 2.05) is 6.20 Å². The molecule has 1 heterocycles. The standard InChI is InChI=1S/C8H14N2/c1-4-8-9-6-7(3)10(8)5-2/h6H,4-5H2,1-3H3. The average Bonchev–Trinajstić information content (AvgIpc) is 2.30. The Morgan fingerprint density at radius 3 is 2.60 bits per heavy atom. The summed E-state index contributed by atoms with van der Waals surface area (Å²) in [7, 11) is 0. The van der Waals surface area contributed by atoms with E-state index >= 15 is 0 Å². The number of hydrogen-bond acceptors (Lipinski definition) is 1. The molecule has 1 aromatic rings. The van der Waals surface area contributed by atoms with Crippen LogP contribution >= 0.6 is 0 Å². The molecule has 0 spiro atoms. The maximum atomic E-state index is 4.27. The number of hydrogen-bond donors (Lipinski definition) is 0. The van der Waals surface area contributed by atoms with E-state index in [-0.39, 0.29) is 0 Å². The van der Waals surface area contributed by atoms with E-state index in [0.29, 0.717) is 0 Å². The number of aromatic nitrogens is 2. The van der Waals surface area contributed by atoms with Crippen molar-refractivity contribution in [1.29, 1.82) is 0 Å². The molecule has 0 atom stereocenters. The summed E-state index contributed by atoms with van der Waals surface area (Å²) in [6.45, 7) is 7.41. The third-order valence-electron chi connectivity index (χ3n) is 1.77. The highest BCUT2D eigenvalue weighted by Gasteiger charge is 2.00. The van der Waals surface area contributed by atoms with Crippen LogP contribution in [0.2, 0.25) is 0 Å². The van der Waals surface area contributed by atoms with Gasteiger partial charge < -0.3 is 4.57 Å². The van der Waals surface area contributed by atoms with Gasteiger partial charge in [-0.1, -0.05) is 6.92 Å². The van der Waals surface area contributed by atoms with Crippen LogP contribution in [-0.4, -0.2) is 9.55 Å². The predicted molar refractivity (Wildman–Crippen MR) is 42.0 cm³/mol. The van der Waals surface area contributed by atoms with Crippen LogP contribution in [0.1, 0.15) is 25.4 Å². The summed E-state index contributed by atoms with van der Waals surface area (Å²) in [4.78, 5) is 4.27. The zero-order valence-electron chi connectivity index (χ0n) is 6.89. The van der Waals surface area contributed by atoms with Crippen molar-refractivity contribution in [1.82, 2.24) is 9.55 Å². The zero-order chi connectivity index (χ0) is 7.56. The zero-order valence-corrected chi connectivity index (χ0v) is 6.89. The van der Waals surface area contributed by atoms with Crippen molar-refractivity contribution < 1.29 is 0 Å². The Balaban J connectivity index is 3.01. The highest BCUT2D eigenvalue weighted by Crippen LogP contribution is 2.03. The van der Waals surface area contributed by atoms with E-state index in [9.17, 15) is 0 Å². The molecule has 0 amide bonds. The van der Waals surface area contributed by atoms with Gasteiger partial charge in [-0.25, -0.2) is 4.98 Å². The Labute approximate surface area is 61.9 Å². The Morgan fingerprint density at radius 1 is 1.50 bits per heavy atom. The van der Waals surface area contributed by atoms with Gasteiger partial charge >= 0.3 is 0 Å². The van der Waals surface area contributed by atoms with Crippen molar-refractivity contribution in [2.75, 3.05) is 0 Å². The van der Waals surface area contributed by atoms with Gasteiger partial charge in [-0.3, -0.25) is 0 Å². The predicted octanol–water partition coefficient (Wildman–Crippen LogP) is 1.77. The van der Waals surface area contributed by atoms with E-state index in [1.54, 1.807) is 0 Å². The van der Waals surface area contributed by atoms with Crippen LogP contribution in [0.4, 0.5) is 0 Å². The second-order valence-electron chi connectivity index (χ2n) is 2.41. The first-order chi connectivity index (χ1) is 4.79. The Kier molecular flexibility index (Phi) is 2.10. The van der Waals surface area contributed by atoms with Crippen LogP contribution in [-0.2, 0) is 13.0 Å². The molecule has 2 heteroatoms. The highest BCUT2D eigenvalue weighted by atomic mass is 15.1. The molecule has 0 radical (unpaired) electrons. The molecule has 1 rings (SSSR count). The first-order valence-electron chi connectivity index (χ1n) is 3.80. The van der Waals surface area contributed by atoms with Gasteiger partial charge in [0.1, 0.15) is 5.82 Å². The Morgan fingerprint density at radius 2 is 2.20 bits per heavy atom. The van der Waals surface area contributed by atoms with E-state index in [0.717, 1.165) is 13.0 Å². The van der Waals surface area contributed by atoms with Crippen molar-refractivity contribution in [3.63, 3.8) is 0 Å². The van der Waals surface area contributed by atoms with E-state index in [1.165, 1.54) is 11.5 Å². The minimum Gasteiger partial charge on any atom is -0.333 e. The molecule has 0 aliphatic rings. The van der Waals surface area contributed by atoms with Gasteiger partial charge in [0.25, 0.3) is 0 Å². The van der Waals surface area contributed by atoms with Crippen LogP contribution < -0.4 is 0 Å². The van der Waals surface area contributed by atoms with Crippen LogP contribution in [0.15, 0.2) is 6.20 Å². The number of rotatable bonds is 2. The smallest absolute Gasteiger partial charge is 0.108 e. The fourth-order valence-electron chi connectivity index (χ4n) is 1.22. The van der Waals surface area contributed by atoms with E-state index in [4.69, 9.17) is 0 Å². The summed E-state index contributed by atoms with van der Waals surface area (Å²) in [6, 6.07) is 0. The molecule has 1 aromatic heterocycles. The van der Waals surface area contributed by atoms with Gasteiger partial charge in [-0.2, -0.15) is 0 Å². The quantitative estimate of drug-likeness (QED) is 0.609. The molecule has 2 nitrogen and oxygen atoms in total. The normalized spacial score (nSPS) is 10.3. The van der Waals surface area contributed by atoms with Gasteiger partial charge in [0.15, 0.2) is 0 Å². The monoisotopic (exact) mass is 138 g/mol. The Bertz CT molecular complexity index is 213. The lowest BCUT2D eigenvalue weighted by Crippen LogP contribution is -2.01. The van der Waals surface area contributed by atoms with Gasteiger partial charge in [-0.05, 0) is 13.8 Å². The lowest BCUT2D eigenvalue weighted by molar-refractivity contribution is 0.687. The van der Waals surface area contributed by atoms with Crippen LogP contribution in [0.25, 0.3) is 0 Å². The summed E-state index contributed by atoms with van der Waals surface area (Å²) in [5.74, 6) is 1.19. The SMILES string of the molecule is CCc1ncc(C)n1CC.